The van der Waals surface area contributed by atoms with Crippen molar-refractivity contribution in [3.05, 3.63) is 22.4 Å². The standard InChI is InChI=1S/C12H16BrFN2O2/c1-6(2)11(12(17)18-3)16-10-5-8(14)7(13)4-9(10)15/h4-6,11,16H,15H2,1-3H3. The number of rotatable bonds is 4. The van der Waals surface area contributed by atoms with Gasteiger partial charge in [-0.05, 0) is 27.9 Å². The highest BCUT2D eigenvalue weighted by molar-refractivity contribution is 9.10. The second kappa shape index (κ2) is 6.04. The van der Waals surface area contributed by atoms with Gasteiger partial charge in [-0.2, -0.15) is 0 Å². The quantitative estimate of drug-likeness (QED) is 0.662. The second-order valence-corrected chi connectivity index (χ2v) is 5.10. The van der Waals surface area contributed by atoms with Crippen LogP contribution in [0.25, 0.3) is 0 Å². The molecule has 100 valence electrons. The molecule has 1 aromatic carbocycles. The van der Waals surface area contributed by atoms with Crippen molar-refractivity contribution in [2.75, 3.05) is 18.2 Å². The summed E-state index contributed by atoms with van der Waals surface area (Å²) in [5, 5.41) is 2.91. The molecular formula is C12H16BrFN2O2. The molecule has 0 amide bonds. The molecule has 0 aliphatic heterocycles. The van der Waals surface area contributed by atoms with Gasteiger partial charge in [-0.25, -0.2) is 9.18 Å². The number of nitrogens with two attached hydrogens (primary N) is 1. The zero-order valence-electron chi connectivity index (χ0n) is 10.5. The average Bonchev–Trinajstić information content (AvgIpc) is 2.30. The maximum Gasteiger partial charge on any atom is 0.328 e. The van der Waals surface area contributed by atoms with Crippen LogP contribution in [-0.4, -0.2) is 19.1 Å². The number of hydrogen-bond acceptors (Lipinski definition) is 4. The Morgan fingerprint density at radius 3 is 2.61 bits per heavy atom. The molecule has 0 fully saturated rings. The number of carbonyl (C=O) groups excluding carboxylic acids is 1. The molecular weight excluding hydrogens is 303 g/mol. The SMILES string of the molecule is COC(=O)C(Nc1cc(F)c(Br)cc1N)C(C)C. The number of hydrogen-bond donors (Lipinski definition) is 2. The van der Waals surface area contributed by atoms with Crippen LogP contribution < -0.4 is 11.1 Å². The molecule has 0 saturated heterocycles. The molecule has 1 aromatic rings. The summed E-state index contributed by atoms with van der Waals surface area (Å²) in [7, 11) is 1.31. The fraction of sp³-hybridized carbons (Fsp3) is 0.417. The zero-order chi connectivity index (χ0) is 13.9. The first-order chi connectivity index (χ1) is 8.36. The minimum Gasteiger partial charge on any atom is -0.467 e. The minimum atomic E-state index is -0.571. The summed E-state index contributed by atoms with van der Waals surface area (Å²) in [5.74, 6) is -0.865. The summed E-state index contributed by atoms with van der Waals surface area (Å²) in [6.07, 6.45) is 0. The lowest BCUT2D eigenvalue weighted by Gasteiger charge is -2.22. The van der Waals surface area contributed by atoms with E-state index in [0.29, 0.717) is 11.4 Å². The molecule has 0 saturated carbocycles. The highest BCUT2D eigenvalue weighted by atomic mass is 79.9. The largest absolute Gasteiger partial charge is 0.467 e. The fourth-order valence-electron chi connectivity index (χ4n) is 1.48. The van der Waals surface area contributed by atoms with E-state index in [9.17, 15) is 9.18 Å². The molecule has 0 aromatic heterocycles. The Bertz CT molecular complexity index is 452. The Kier molecular flexibility index (Phi) is 4.95. The predicted octanol–water partition coefficient (Wildman–Crippen LogP) is 2.78. The summed E-state index contributed by atoms with van der Waals surface area (Å²) in [6, 6.07) is 2.13. The Morgan fingerprint density at radius 1 is 1.50 bits per heavy atom. The van der Waals surface area contributed by atoms with Crippen LogP contribution in [-0.2, 0) is 9.53 Å². The summed E-state index contributed by atoms with van der Waals surface area (Å²) in [6.45, 7) is 3.72. The van der Waals surface area contributed by atoms with Gasteiger partial charge >= 0.3 is 5.97 Å². The number of benzene rings is 1. The molecule has 1 rings (SSSR count). The van der Waals surface area contributed by atoms with E-state index < -0.39 is 17.8 Å². The van der Waals surface area contributed by atoms with Crippen LogP contribution >= 0.6 is 15.9 Å². The highest BCUT2D eigenvalue weighted by Crippen LogP contribution is 2.27. The lowest BCUT2D eigenvalue weighted by Crippen LogP contribution is -2.35. The molecule has 0 bridgehead atoms. The molecule has 18 heavy (non-hydrogen) atoms. The molecule has 4 nitrogen and oxygen atoms in total. The minimum absolute atomic E-state index is 0.0106. The van der Waals surface area contributed by atoms with E-state index in [1.165, 1.54) is 19.2 Å². The maximum absolute atomic E-state index is 13.4. The average molecular weight is 319 g/mol. The van der Waals surface area contributed by atoms with E-state index in [0.717, 1.165) is 0 Å². The zero-order valence-corrected chi connectivity index (χ0v) is 12.0. The van der Waals surface area contributed by atoms with Gasteiger partial charge in [-0.1, -0.05) is 13.8 Å². The van der Waals surface area contributed by atoms with Gasteiger partial charge in [0.05, 0.1) is 23.0 Å². The summed E-state index contributed by atoms with van der Waals surface area (Å²) >= 11 is 3.04. The molecule has 0 radical (unpaired) electrons. The Hall–Kier alpha value is -1.30. The van der Waals surface area contributed by atoms with Crippen molar-refractivity contribution < 1.29 is 13.9 Å². The number of esters is 1. The monoisotopic (exact) mass is 318 g/mol. The van der Waals surface area contributed by atoms with Gasteiger partial charge in [-0.3, -0.25) is 0 Å². The Labute approximate surface area is 114 Å². The third-order valence-electron chi connectivity index (χ3n) is 2.53. The normalized spacial score (nSPS) is 12.3. The van der Waals surface area contributed by atoms with Crippen molar-refractivity contribution in [2.45, 2.75) is 19.9 Å². The van der Waals surface area contributed by atoms with Crippen LogP contribution in [0.15, 0.2) is 16.6 Å². The first-order valence-electron chi connectivity index (χ1n) is 5.45. The van der Waals surface area contributed by atoms with Crippen molar-refractivity contribution in [1.29, 1.82) is 0 Å². The molecule has 0 aliphatic carbocycles. The van der Waals surface area contributed by atoms with Crippen molar-refractivity contribution in [1.82, 2.24) is 0 Å². The molecule has 0 heterocycles. The lowest BCUT2D eigenvalue weighted by molar-refractivity contribution is -0.142. The molecule has 6 heteroatoms. The first kappa shape index (κ1) is 14.8. The lowest BCUT2D eigenvalue weighted by atomic mass is 10.0. The second-order valence-electron chi connectivity index (χ2n) is 4.24. The van der Waals surface area contributed by atoms with E-state index >= 15 is 0 Å². The summed E-state index contributed by atoms with van der Waals surface area (Å²) in [5.41, 5.74) is 6.50. The van der Waals surface area contributed by atoms with Gasteiger partial charge in [0, 0.05) is 6.07 Å². The molecule has 0 aliphatic rings. The van der Waals surface area contributed by atoms with Crippen LogP contribution in [0.1, 0.15) is 13.8 Å². The van der Waals surface area contributed by atoms with Crippen LogP contribution in [0.5, 0.6) is 0 Å². The predicted molar refractivity (Wildman–Crippen MR) is 72.8 cm³/mol. The number of ether oxygens (including phenoxy) is 1. The Balaban J connectivity index is 3.01. The number of nitrogen functional groups attached to an aromatic ring is 1. The molecule has 3 N–H and O–H groups in total. The van der Waals surface area contributed by atoms with Crippen LogP contribution in [0.2, 0.25) is 0 Å². The molecule has 0 spiro atoms. The van der Waals surface area contributed by atoms with Crippen molar-refractivity contribution in [3.8, 4) is 0 Å². The highest BCUT2D eigenvalue weighted by Gasteiger charge is 2.23. The smallest absolute Gasteiger partial charge is 0.328 e. The molecule has 1 atom stereocenters. The summed E-state index contributed by atoms with van der Waals surface area (Å²) < 4.78 is 18.4. The number of halogens is 2. The van der Waals surface area contributed by atoms with Crippen molar-refractivity contribution in [3.63, 3.8) is 0 Å². The van der Waals surface area contributed by atoms with Crippen LogP contribution in [0, 0.1) is 11.7 Å². The van der Waals surface area contributed by atoms with Crippen LogP contribution in [0.4, 0.5) is 15.8 Å². The topological polar surface area (TPSA) is 64.3 Å². The molecule has 1 unspecified atom stereocenters. The van der Waals surface area contributed by atoms with Crippen molar-refractivity contribution >= 4 is 33.3 Å². The van der Waals surface area contributed by atoms with E-state index in [-0.39, 0.29) is 10.4 Å². The van der Waals surface area contributed by atoms with E-state index in [1.807, 2.05) is 13.8 Å². The van der Waals surface area contributed by atoms with Crippen molar-refractivity contribution in [2.24, 2.45) is 5.92 Å². The van der Waals surface area contributed by atoms with Gasteiger partial charge in [0.1, 0.15) is 11.9 Å². The van der Waals surface area contributed by atoms with Gasteiger partial charge in [-0.15, -0.1) is 0 Å². The number of carbonyl (C=O) groups is 1. The first-order valence-corrected chi connectivity index (χ1v) is 6.25. The Morgan fingerprint density at radius 2 is 2.11 bits per heavy atom. The number of nitrogens with one attached hydrogen (secondary N) is 1. The van der Waals surface area contributed by atoms with E-state index in [2.05, 4.69) is 21.2 Å². The van der Waals surface area contributed by atoms with Gasteiger partial charge in [0.2, 0.25) is 0 Å². The van der Waals surface area contributed by atoms with Gasteiger partial charge in [0.25, 0.3) is 0 Å². The summed E-state index contributed by atoms with van der Waals surface area (Å²) in [4.78, 5) is 11.6. The number of methoxy groups -OCH3 is 1. The van der Waals surface area contributed by atoms with Gasteiger partial charge in [0.15, 0.2) is 0 Å². The third-order valence-corrected chi connectivity index (χ3v) is 3.13. The van der Waals surface area contributed by atoms with Crippen LogP contribution in [0.3, 0.4) is 0 Å². The fourth-order valence-corrected chi connectivity index (χ4v) is 1.84. The maximum atomic E-state index is 13.4. The number of anilines is 2. The van der Waals surface area contributed by atoms with Gasteiger partial charge < -0.3 is 15.8 Å². The van der Waals surface area contributed by atoms with E-state index in [1.54, 1.807) is 0 Å². The third kappa shape index (κ3) is 3.35. The van der Waals surface area contributed by atoms with E-state index in [4.69, 9.17) is 10.5 Å².